The van der Waals surface area contributed by atoms with Crippen LogP contribution in [0, 0.1) is 0 Å². The van der Waals surface area contributed by atoms with Crippen LogP contribution in [0.4, 0.5) is 13.2 Å². The Kier molecular flexibility index (Phi) is 3.69. The maximum absolute atomic E-state index is 12.3. The molecule has 1 heterocycles. The van der Waals surface area contributed by atoms with Crippen molar-refractivity contribution in [2.45, 2.75) is 12.2 Å². The maximum Gasteiger partial charge on any atom is 0.401 e. The van der Waals surface area contributed by atoms with Crippen molar-refractivity contribution >= 4 is 0 Å². The van der Waals surface area contributed by atoms with E-state index in [1.165, 1.54) is 4.90 Å². The van der Waals surface area contributed by atoms with Crippen molar-refractivity contribution in [3.63, 3.8) is 0 Å². The number of nitrogens with one attached hydrogen (secondary N) is 1. The highest BCUT2D eigenvalue weighted by molar-refractivity contribution is 5.19. The first-order chi connectivity index (χ1) is 8.04. The topological polar surface area (TPSA) is 15.3 Å². The van der Waals surface area contributed by atoms with Crippen LogP contribution in [0.25, 0.3) is 0 Å². The minimum Gasteiger partial charge on any atom is -0.308 e. The Bertz CT molecular complexity index is 351. The van der Waals surface area contributed by atoms with Gasteiger partial charge in [0.25, 0.3) is 0 Å². The summed E-state index contributed by atoms with van der Waals surface area (Å²) in [4.78, 5) is 1.45. The molecule has 1 aliphatic heterocycles. The number of piperazine rings is 1. The summed E-state index contributed by atoms with van der Waals surface area (Å²) in [7, 11) is 0. The molecule has 1 aromatic carbocycles. The summed E-state index contributed by atoms with van der Waals surface area (Å²) < 4.78 is 36.9. The van der Waals surface area contributed by atoms with Gasteiger partial charge in [-0.2, -0.15) is 13.2 Å². The molecule has 1 unspecified atom stereocenters. The number of nitrogens with zero attached hydrogens (tertiary/aromatic N) is 1. The molecule has 5 heteroatoms. The lowest BCUT2D eigenvalue weighted by atomic mass is 10.0. The third-order valence-electron chi connectivity index (χ3n) is 2.86. The molecule has 1 aromatic rings. The molecule has 0 amide bonds. The predicted octanol–water partition coefficient (Wildman–Crippen LogP) is 2.20. The van der Waals surface area contributed by atoms with E-state index in [-0.39, 0.29) is 6.04 Å². The highest BCUT2D eigenvalue weighted by Gasteiger charge is 2.33. The first-order valence-electron chi connectivity index (χ1n) is 5.62. The fourth-order valence-electron chi connectivity index (χ4n) is 2.12. The van der Waals surface area contributed by atoms with Gasteiger partial charge in [-0.1, -0.05) is 30.3 Å². The van der Waals surface area contributed by atoms with Crippen LogP contribution in [0.15, 0.2) is 30.3 Å². The zero-order valence-electron chi connectivity index (χ0n) is 9.37. The standard InChI is InChI=1S/C12H15F3N2/c13-12(14,15)9-17-7-6-16-11(8-17)10-4-2-1-3-5-10/h1-5,11,16H,6-9H2. The number of benzene rings is 1. The summed E-state index contributed by atoms with van der Waals surface area (Å²) in [5, 5.41) is 3.24. The molecular weight excluding hydrogens is 229 g/mol. The van der Waals surface area contributed by atoms with Gasteiger partial charge in [-0.05, 0) is 5.56 Å². The Balaban J connectivity index is 1.98. The van der Waals surface area contributed by atoms with Crippen LogP contribution in [-0.4, -0.2) is 37.3 Å². The molecule has 0 aliphatic carbocycles. The van der Waals surface area contributed by atoms with Crippen LogP contribution in [-0.2, 0) is 0 Å². The number of alkyl halides is 3. The molecule has 0 radical (unpaired) electrons. The van der Waals surface area contributed by atoms with Crippen LogP contribution < -0.4 is 5.32 Å². The Hall–Kier alpha value is -1.07. The second-order valence-electron chi connectivity index (χ2n) is 4.27. The van der Waals surface area contributed by atoms with Crippen LogP contribution in [0.2, 0.25) is 0 Å². The number of halogens is 3. The van der Waals surface area contributed by atoms with E-state index in [4.69, 9.17) is 0 Å². The summed E-state index contributed by atoms with van der Waals surface area (Å²) in [6, 6.07) is 9.58. The largest absolute Gasteiger partial charge is 0.401 e. The molecule has 1 saturated heterocycles. The summed E-state index contributed by atoms with van der Waals surface area (Å²) in [5.74, 6) is 0. The number of hydrogen-bond donors (Lipinski definition) is 1. The molecule has 2 rings (SSSR count). The van der Waals surface area contributed by atoms with Gasteiger partial charge in [0.15, 0.2) is 0 Å². The zero-order valence-corrected chi connectivity index (χ0v) is 9.37. The van der Waals surface area contributed by atoms with Gasteiger partial charge in [0.1, 0.15) is 0 Å². The minimum atomic E-state index is -4.11. The van der Waals surface area contributed by atoms with E-state index in [2.05, 4.69) is 5.32 Å². The van der Waals surface area contributed by atoms with Gasteiger partial charge < -0.3 is 5.32 Å². The quantitative estimate of drug-likeness (QED) is 0.858. The summed E-state index contributed by atoms with van der Waals surface area (Å²) in [6.07, 6.45) is -4.11. The molecule has 1 fully saturated rings. The highest BCUT2D eigenvalue weighted by atomic mass is 19.4. The summed E-state index contributed by atoms with van der Waals surface area (Å²) in [5.41, 5.74) is 1.04. The fraction of sp³-hybridized carbons (Fsp3) is 0.500. The molecule has 0 saturated carbocycles. The van der Waals surface area contributed by atoms with Crippen molar-refractivity contribution in [3.8, 4) is 0 Å². The van der Waals surface area contributed by atoms with Crippen LogP contribution >= 0.6 is 0 Å². The van der Waals surface area contributed by atoms with Gasteiger partial charge in [0.2, 0.25) is 0 Å². The third-order valence-corrected chi connectivity index (χ3v) is 2.86. The molecule has 2 nitrogen and oxygen atoms in total. The lowest BCUT2D eigenvalue weighted by molar-refractivity contribution is -0.148. The molecule has 0 bridgehead atoms. The molecule has 1 aliphatic rings. The van der Waals surface area contributed by atoms with Gasteiger partial charge in [0.05, 0.1) is 6.54 Å². The van der Waals surface area contributed by atoms with E-state index in [1.807, 2.05) is 30.3 Å². The number of hydrogen-bond acceptors (Lipinski definition) is 2. The lowest BCUT2D eigenvalue weighted by Crippen LogP contribution is -2.48. The van der Waals surface area contributed by atoms with Crippen LogP contribution in [0.3, 0.4) is 0 Å². The van der Waals surface area contributed by atoms with Crippen molar-refractivity contribution in [3.05, 3.63) is 35.9 Å². The average molecular weight is 244 g/mol. The fourth-order valence-corrected chi connectivity index (χ4v) is 2.12. The smallest absolute Gasteiger partial charge is 0.308 e. The van der Waals surface area contributed by atoms with Gasteiger partial charge >= 0.3 is 6.18 Å². The van der Waals surface area contributed by atoms with E-state index in [0.717, 1.165) is 5.56 Å². The first-order valence-corrected chi connectivity index (χ1v) is 5.62. The zero-order chi connectivity index (χ0) is 12.3. The van der Waals surface area contributed by atoms with E-state index in [0.29, 0.717) is 19.6 Å². The molecule has 17 heavy (non-hydrogen) atoms. The molecule has 0 spiro atoms. The summed E-state index contributed by atoms with van der Waals surface area (Å²) in [6.45, 7) is 0.625. The van der Waals surface area contributed by atoms with Gasteiger partial charge in [-0.15, -0.1) is 0 Å². The highest BCUT2D eigenvalue weighted by Crippen LogP contribution is 2.21. The van der Waals surface area contributed by atoms with Crippen molar-refractivity contribution in [2.75, 3.05) is 26.2 Å². The van der Waals surface area contributed by atoms with Crippen molar-refractivity contribution in [2.24, 2.45) is 0 Å². The SMILES string of the molecule is FC(F)(F)CN1CCNC(c2ccccc2)C1. The van der Waals surface area contributed by atoms with Gasteiger partial charge in [-0.3, -0.25) is 4.90 Å². The second kappa shape index (κ2) is 5.06. The Morgan fingerprint density at radius 2 is 1.94 bits per heavy atom. The Labute approximate surface area is 98.4 Å². The number of rotatable bonds is 2. The van der Waals surface area contributed by atoms with Crippen molar-refractivity contribution in [1.82, 2.24) is 10.2 Å². The Morgan fingerprint density at radius 1 is 1.24 bits per heavy atom. The predicted molar refractivity (Wildman–Crippen MR) is 59.7 cm³/mol. The first kappa shape index (κ1) is 12.4. The minimum absolute atomic E-state index is 0.00713. The normalized spacial score (nSPS) is 22.6. The molecule has 0 aromatic heterocycles. The van der Waals surface area contributed by atoms with Gasteiger partial charge in [-0.25, -0.2) is 0 Å². The van der Waals surface area contributed by atoms with Crippen molar-refractivity contribution in [1.29, 1.82) is 0 Å². The Morgan fingerprint density at radius 3 is 2.59 bits per heavy atom. The molecule has 1 N–H and O–H groups in total. The second-order valence-corrected chi connectivity index (χ2v) is 4.27. The molecule has 1 atom stereocenters. The average Bonchev–Trinajstić information content (AvgIpc) is 2.28. The van der Waals surface area contributed by atoms with Gasteiger partial charge in [0, 0.05) is 25.7 Å². The van der Waals surface area contributed by atoms with E-state index >= 15 is 0 Å². The van der Waals surface area contributed by atoms with E-state index in [1.54, 1.807) is 0 Å². The third kappa shape index (κ3) is 3.71. The maximum atomic E-state index is 12.3. The summed E-state index contributed by atoms with van der Waals surface area (Å²) >= 11 is 0. The molecule has 94 valence electrons. The van der Waals surface area contributed by atoms with Crippen LogP contribution in [0.5, 0.6) is 0 Å². The van der Waals surface area contributed by atoms with E-state index in [9.17, 15) is 13.2 Å². The van der Waals surface area contributed by atoms with Crippen LogP contribution in [0.1, 0.15) is 11.6 Å². The van der Waals surface area contributed by atoms with E-state index < -0.39 is 12.7 Å². The lowest BCUT2D eigenvalue weighted by Gasteiger charge is -2.34. The molecular formula is C12H15F3N2. The monoisotopic (exact) mass is 244 g/mol. The van der Waals surface area contributed by atoms with Crippen molar-refractivity contribution < 1.29 is 13.2 Å².